The predicted octanol–water partition coefficient (Wildman–Crippen LogP) is 0.645. The van der Waals surface area contributed by atoms with E-state index in [-0.39, 0.29) is 17.8 Å². The molecule has 1 amide bonds. The number of nitrogens with zero attached hydrogens (tertiary/aromatic N) is 2. The molecule has 102 valence electrons. The van der Waals surface area contributed by atoms with Crippen LogP contribution in [0.1, 0.15) is 19.8 Å². The van der Waals surface area contributed by atoms with Crippen LogP contribution in [-0.4, -0.2) is 17.8 Å². The molecule has 0 saturated carbocycles. The molecule has 7 N–H and O–H groups in total. The lowest BCUT2D eigenvalue weighted by Gasteiger charge is -2.04. The van der Waals surface area contributed by atoms with E-state index in [1.54, 1.807) is 24.3 Å². The molecule has 7 heteroatoms. The minimum absolute atomic E-state index is 0.0409. The normalized spacial score (nSPS) is 10.9. The van der Waals surface area contributed by atoms with Crippen LogP contribution in [0.2, 0.25) is 0 Å². The molecule has 0 heterocycles. The number of carbonyl (C=O) groups excluding carboxylic acids is 1. The number of amides is 1. The Balaban J connectivity index is 2.83. The highest BCUT2D eigenvalue weighted by Gasteiger charge is 2.01. The third kappa shape index (κ3) is 5.53. The van der Waals surface area contributed by atoms with Gasteiger partial charge in [0, 0.05) is 12.1 Å². The molecular weight excluding hydrogens is 244 g/mol. The van der Waals surface area contributed by atoms with Crippen molar-refractivity contribution in [3.05, 3.63) is 24.3 Å². The van der Waals surface area contributed by atoms with Crippen molar-refractivity contribution in [1.29, 1.82) is 0 Å². The van der Waals surface area contributed by atoms with Gasteiger partial charge in [-0.15, -0.1) is 0 Å². The number of hydrogen-bond acceptors (Lipinski definition) is 2. The monoisotopic (exact) mass is 262 g/mol. The number of benzene rings is 1. The summed E-state index contributed by atoms with van der Waals surface area (Å²) in [6.07, 6.45) is 1.27. The topological polar surface area (TPSA) is 132 Å². The van der Waals surface area contributed by atoms with Gasteiger partial charge in [-0.25, -0.2) is 4.99 Å². The van der Waals surface area contributed by atoms with Gasteiger partial charge in [-0.05, 0) is 24.6 Å². The molecular formula is C12H18N6O. The third-order valence-electron chi connectivity index (χ3n) is 2.09. The number of anilines is 1. The van der Waals surface area contributed by atoms with Crippen LogP contribution in [0.4, 0.5) is 11.4 Å². The molecule has 0 aliphatic rings. The second-order valence-electron chi connectivity index (χ2n) is 3.86. The Labute approximate surface area is 111 Å². The molecule has 0 fully saturated rings. The van der Waals surface area contributed by atoms with Crippen LogP contribution in [0.15, 0.2) is 34.3 Å². The van der Waals surface area contributed by atoms with E-state index in [2.05, 4.69) is 15.3 Å². The first kappa shape index (κ1) is 14.5. The van der Waals surface area contributed by atoms with Gasteiger partial charge in [0.15, 0.2) is 5.96 Å². The largest absolute Gasteiger partial charge is 0.370 e. The van der Waals surface area contributed by atoms with Crippen molar-refractivity contribution in [3.63, 3.8) is 0 Å². The Morgan fingerprint density at radius 2 is 2.05 bits per heavy atom. The Bertz CT molecular complexity index is 505. The Hall–Kier alpha value is -2.57. The summed E-state index contributed by atoms with van der Waals surface area (Å²) in [4.78, 5) is 19.1. The van der Waals surface area contributed by atoms with Crippen LogP contribution in [-0.2, 0) is 4.79 Å². The Morgan fingerprint density at radius 1 is 1.32 bits per heavy atom. The number of nitrogens with two attached hydrogens (primary N) is 3. The van der Waals surface area contributed by atoms with Gasteiger partial charge in [-0.3, -0.25) is 4.79 Å². The number of hydrogen-bond donors (Lipinski definition) is 4. The highest BCUT2D eigenvalue weighted by atomic mass is 16.1. The summed E-state index contributed by atoms with van der Waals surface area (Å²) < 4.78 is 0. The van der Waals surface area contributed by atoms with Crippen molar-refractivity contribution in [3.8, 4) is 0 Å². The molecule has 0 unspecified atom stereocenters. The van der Waals surface area contributed by atoms with Crippen molar-refractivity contribution < 1.29 is 4.79 Å². The first-order valence-corrected chi connectivity index (χ1v) is 5.85. The second-order valence-corrected chi connectivity index (χ2v) is 3.86. The number of guanidine groups is 2. The first-order valence-electron chi connectivity index (χ1n) is 5.85. The average molecular weight is 262 g/mol. The van der Waals surface area contributed by atoms with Gasteiger partial charge in [0.05, 0.1) is 5.69 Å². The van der Waals surface area contributed by atoms with Crippen LogP contribution < -0.4 is 22.5 Å². The number of rotatable bonds is 4. The zero-order valence-corrected chi connectivity index (χ0v) is 10.8. The maximum atomic E-state index is 11.5. The van der Waals surface area contributed by atoms with E-state index in [1.165, 1.54) is 0 Å². The second kappa shape index (κ2) is 7.00. The number of carbonyl (C=O) groups is 1. The van der Waals surface area contributed by atoms with E-state index in [0.717, 1.165) is 6.42 Å². The Morgan fingerprint density at radius 3 is 2.68 bits per heavy atom. The smallest absolute Gasteiger partial charge is 0.224 e. The van der Waals surface area contributed by atoms with E-state index >= 15 is 0 Å². The molecule has 0 aliphatic heterocycles. The van der Waals surface area contributed by atoms with Gasteiger partial charge >= 0.3 is 0 Å². The molecule has 0 aliphatic carbocycles. The quantitative estimate of drug-likeness (QED) is 0.468. The van der Waals surface area contributed by atoms with Crippen LogP contribution in [0.3, 0.4) is 0 Å². The van der Waals surface area contributed by atoms with Crippen molar-refractivity contribution in [2.24, 2.45) is 27.2 Å². The lowest BCUT2D eigenvalue weighted by molar-refractivity contribution is -0.116. The summed E-state index contributed by atoms with van der Waals surface area (Å²) in [5, 5.41) is 2.76. The summed E-state index contributed by atoms with van der Waals surface area (Å²) in [7, 11) is 0. The molecule has 0 bridgehead atoms. The molecule has 1 aromatic rings. The van der Waals surface area contributed by atoms with Gasteiger partial charge in [0.2, 0.25) is 11.9 Å². The molecule has 7 nitrogen and oxygen atoms in total. The summed E-state index contributed by atoms with van der Waals surface area (Å²) in [6, 6.07) is 6.93. The number of nitrogens with one attached hydrogen (secondary N) is 1. The predicted molar refractivity (Wildman–Crippen MR) is 77.1 cm³/mol. The maximum Gasteiger partial charge on any atom is 0.224 e. The van der Waals surface area contributed by atoms with E-state index in [1.807, 2.05) is 6.92 Å². The van der Waals surface area contributed by atoms with Gasteiger partial charge in [0.25, 0.3) is 0 Å². The van der Waals surface area contributed by atoms with Gasteiger partial charge in [-0.2, -0.15) is 4.99 Å². The summed E-state index contributed by atoms with van der Waals surface area (Å²) in [6.45, 7) is 1.94. The molecule has 0 radical (unpaired) electrons. The highest BCUT2D eigenvalue weighted by Crippen LogP contribution is 2.18. The fourth-order valence-corrected chi connectivity index (χ4v) is 1.39. The van der Waals surface area contributed by atoms with Gasteiger partial charge < -0.3 is 22.5 Å². The van der Waals surface area contributed by atoms with Gasteiger partial charge in [-0.1, -0.05) is 13.0 Å². The van der Waals surface area contributed by atoms with Crippen LogP contribution in [0.25, 0.3) is 0 Å². The third-order valence-corrected chi connectivity index (χ3v) is 2.09. The van der Waals surface area contributed by atoms with Crippen LogP contribution in [0.5, 0.6) is 0 Å². The fraction of sp³-hybridized carbons (Fsp3) is 0.250. The van der Waals surface area contributed by atoms with E-state index < -0.39 is 0 Å². The summed E-state index contributed by atoms with van der Waals surface area (Å²) in [5.41, 5.74) is 17.1. The highest BCUT2D eigenvalue weighted by molar-refractivity contribution is 5.94. The minimum atomic E-state index is -0.159. The SMILES string of the molecule is CCCC(=O)Nc1cccc(N=C(N)N=C(N)N)c1. The van der Waals surface area contributed by atoms with Crippen LogP contribution in [0, 0.1) is 0 Å². The standard InChI is InChI=1S/C12H18N6O/c1-2-4-10(19)16-8-5-3-6-9(7-8)17-12(15)18-11(13)14/h3,5-7H,2,4H2,1H3,(H,16,19)(H6,13,14,15,17,18). The minimum Gasteiger partial charge on any atom is -0.370 e. The fourth-order valence-electron chi connectivity index (χ4n) is 1.39. The van der Waals surface area contributed by atoms with Gasteiger partial charge in [0.1, 0.15) is 0 Å². The lowest BCUT2D eigenvalue weighted by atomic mass is 10.2. The molecule has 0 aromatic heterocycles. The number of aliphatic imine (C=N–C) groups is 2. The molecule has 0 saturated heterocycles. The molecule has 0 atom stereocenters. The van der Waals surface area contributed by atoms with Crippen molar-refractivity contribution in [2.75, 3.05) is 5.32 Å². The zero-order valence-electron chi connectivity index (χ0n) is 10.8. The van der Waals surface area contributed by atoms with Crippen LogP contribution >= 0.6 is 0 Å². The average Bonchev–Trinajstić information content (AvgIpc) is 2.28. The zero-order chi connectivity index (χ0) is 14.3. The summed E-state index contributed by atoms with van der Waals surface area (Å²) >= 11 is 0. The first-order chi connectivity index (χ1) is 9.01. The van der Waals surface area contributed by atoms with E-state index in [4.69, 9.17) is 17.2 Å². The van der Waals surface area contributed by atoms with Crippen molar-refractivity contribution in [1.82, 2.24) is 0 Å². The lowest BCUT2D eigenvalue weighted by Crippen LogP contribution is -2.26. The van der Waals surface area contributed by atoms with Crippen molar-refractivity contribution >= 4 is 29.2 Å². The molecule has 1 aromatic carbocycles. The molecule has 1 rings (SSSR count). The Kier molecular flexibility index (Phi) is 5.34. The van der Waals surface area contributed by atoms with E-state index in [0.29, 0.717) is 17.8 Å². The van der Waals surface area contributed by atoms with Crippen molar-refractivity contribution in [2.45, 2.75) is 19.8 Å². The van der Waals surface area contributed by atoms with E-state index in [9.17, 15) is 4.79 Å². The molecule has 19 heavy (non-hydrogen) atoms. The maximum absolute atomic E-state index is 11.5. The summed E-state index contributed by atoms with van der Waals surface area (Å²) in [5.74, 6) is -0.244. The molecule has 0 spiro atoms.